The van der Waals surface area contributed by atoms with Crippen molar-refractivity contribution in [2.75, 3.05) is 46.3 Å². The van der Waals surface area contributed by atoms with Crippen molar-refractivity contribution >= 4 is 17.8 Å². The molecule has 0 spiro atoms. The van der Waals surface area contributed by atoms with Gasteiger partial charge in [0.25, 0.3) is 5.91 Å². The molecule has 35 heavy (non-hydrogen) atoms. The van der Waals surface area contributed by atoms with Gasteiger partial charge in [-0.3, -0.25) is 9.59 Å². The topological polar surface area (TPSA) is 128 Å². The number of carboxylic acid groups (broad SMARTS) is 1. The monoisotopic (exact) mass is 483 g/mol. The van der Waals surface area contributed by atoms with Crippen LogP contribution in [0.25, 0.3) is 0 Å². The zero-order valence-electron chi connectivity index (χ0n) is 20.0. The number of aromatic nitrogens is 1. The van der Waals surface area contributed by atoms with E-state index in [2.05, 4.69) is 27.7 Å². The molecule has 2 amide bonds. The van der Waals surface area contributed by atoms with Gasteiger partial charge in [0.1, 0.15) is 0 Å². The molecule has 0 saturated carbocycles. The first kappa shape index (κ1) is 24.9. The Hall–Kier alpha value is -3.24. The minimum absolute atomic E-state index is 0.0507. The predicted octanol–water partition coefficient (Wildman–Crippen LogP) is 1.24. The zero-order chi connectivity index (χ0) is 24.8. The number of hydrogen-bond acceptors (Lipinski definition) is 7. The molecule has 2 unspecified atom stereocenters. The Morgan fingerprint density at radius 3 is 2.63 bits per heavy atom. The number of nitrogens with zero attached hydrogens (tertiary/aromatic N) is 3. The molecule has 0 bridgehead atoms. The van der Waals surface area contributed by atoms with E-state index in [0.29, 0.717) is 18.6 Å². The predicted molar refractivity (Wildman–Crippen MR) is 128 cm³/mol. The van der Waals surface area contributed by atoms with Crippen molar-refractivity contribution in [3.8, 4) is 0 Å². The van der Waals surface area contributed by atoms with Crippen LogP contribution in [0.1, 0.15) is 45.0 Å². The minimum atomic E-state index is -1.15. The van der Waals surface area contributed by atoms with Crippen LogP contribution < -0.4 is 10.6 Å². The van der Waals surface area contributed by atoms with Gasteiger partial charge < -0.3 is 30.1 Å². The number of piperidine rings is 1. The van der Waals surface area contributed by atoms with E-state index in [-0.39, 0.29) is 35.4 Å². The van der Waals surface area contributed by atoms with Gasteiger partial charge in [-0.1, -0.05) is 17.3 Å². The lowest BCUT2D eigenvalue weighted by molar-refractivity contribution is -0.134. The highest BCUT2D eigenvalue weighted by atomic mass is 16.5. The summed E-state index contributed by atoms with van der Waals surface area (Å²) in [5.41, 5.74) is 0.831. The lowest BCUT2D eigenvalue weighted by Gasteiger charge is -2.36. The molecular formula is C25H33N5O5. The number of aromatic carboxylic acids is 1. The van der Waals surface area contributed by atoms with Gasteiger partial charge in [-0.25, -0.2) is 4.79 Å². The first-order valence-electron chi connectivity index (χ1n) is 12.1. The van der Waals surface area contributed by atoms with Crippen LogP contribution in [-0.4, -0.2) is 84.2 Å². The number of piperazine rings is 1. The summed E-state index contributed by atoms with van der Waals surface area (Å²) in [4.78, 5) is 40.9. The SMILES string of the molecule is CN1CCN(C(=O)CC2CCNCC2Cc2cc(CNC(=O)c3ccccc3C(=O)O)on2)CC1. The molecule has 2 aliphatic heterocycles. The number of likely N-dealkylation sites (N-methyl/N-ethyl adjacent to an activating group) is 1. The van der Waals surface area contributed by atoms with Crippen molar-refractivity contribution in [3.63, 3.8) is 0 Å². The third-order valence-electron chi connectivity index (χ3n) is 6.96. The van der Waals surface area contributed by atoms with Crippen LogP contribution in [0, 0.1) is 11.8 Å². The van der Waals surface area contributed by atoms with Crippen molar-refractivity contribution in [2.24, 2.45) is 11.8 Å². The molecular weight excluding hydrogens is 450 g/mol. The Labute approximate surface area is 204 Å². The van der Waals surface area contributed by atoms with E-state index in [9.17, 15) is 19.5 Å². The van der Waals surface area contributed by atoms with Crippen LogP contribution in [0.5, 0.6) is 0 Å². The van der Waals surface area contributed by atoms with Crippen LogP contribution in [-0.2, 0) is 17.8 Å². The van der Waals surface area contributed by atoms with E-state index in [1.165, 1.54) is 12.1 Å². The van der Waals surface area contributed by atoms with Crippen LogP contribution >= 0.6 is 0 Å². The maximum absolute atomic E-state index is 12.9. The second-order valence-corrected chi connectivity index (χ2v) is 9.42. The van der Waals surface area contributed by atoms with Crippen LogP contribution in [0.3, 0.4) is 0 Å². The quantitative estimate of drug-likeness (QED) is 0.512. The lowest BCUT2D eigenvalue weighted by atomic mass is 9.81. The van der Waals surface area contributed by atoms with E-state index < -0.39 is 11.9 Å². The van der Waals surface area contributed by atoms with Gasteiger partial charge in [-0.05, 0) is 56.9 Å². The highest BCUT2D eigenvalue weighted by Crippen LogP contribution is 2.27. The maximum Gasteiger partial charge on any atom is 0.336 e. The van der Waals surface area contributed by atoms with Crippen molar-refractivity contribution in [1.29, 1.82) is 0 Å². The number of carbonyl (C=O) groups excluding carboxylic acids is 2. The molecule has 188 valence electrons. The summed E-state index contributed by atoms with van der Waals surface area (Å²) in [5.74, 6) is -0.347. The smallest absolute Gasteiger partial charge is 0.336 e. The normalized spacial score (nSPS) is 21.0. The number of hydrogen-bond donors (Lipinski definition) is 3. The van der Waals surface area contributed by atoms with E-state index >= 15 is 0 Å². The van der Waals surface area contributed by atoms with Gasteiger partial charge in [0, 0.05) is 38.7 Å². The van der Waals surface area contributed by atoms with Gasteiger partial charge in [0.05, 0.1) is 23.4 Å². The largest absolute Gasteiger partial charge is 0.478 e. The third kappa shape index (κ3) is 6.46. The molecule has 1 aromatic carbocycles. The zero-order valence-corrected chi connectivity index (χ0v) is 20.0. The summed E-state index contributed by atoms with van der Waals surface area (Å²) in [5, 5.41) is 19.6. The maximum atomic E-state index is 12.9. The van der Waals surface area contributed by atoms with Crippen molar-refractivity contribution in [3.05, 3.63) is 52.9 Å². The molecule has 2 aliphatic rings. The summed E-state index contributed by atoms with van der Waals surface area (Å²) in [6, 6.07) is 7.89. The van der Waals surface area contributed by atoms with Crippen LogP contribution in [0.4, 0.5) is 0 Å². The summed E-state index contributed by atoms with van der Waals surface area (Å²) in [6.07, 6.45) is 2.20. The molecule has 0 radical (unpaired) electrons. The Morgan fingerprint density at radius 1 is 1.14 bits per heavy atom. The average molecular weight is 484 g/mol. The van der Waals surface area contributed by atoms with Gasteiger partial charge in [-0.2, -0.15) is 0 Å². The number of carbonyl (C=O) groups is 3. The average Bonchev–Trinajstić information content (AvgIpc) is 3.31. The fraction of sp³-hybridized carbons (Fsp3) is 0.520. The molecule has 3 heterocycles. The number of nitrogens with one attached hydrogen (secondary N) is 2. The molecule has 10 heteroatoms. The number of rotatable bonds is 8. The summed E-state index contributed by atoms with van der Waals surface area (Å²) in [6.45, 7) is 5.26. The van der Waals surface area contributed by atoms with E-state index in [1.807, 2.05) is 11.0 Å². The van der Waals surface area contributed by atoms with Crippen LogP contribution in [0.15, 0.2) is 34.9 Å². The van der Waals surface area contributed by atoms with Gasteiger partial charge in [-0.15, -0.1) is 0 Å². The Morgan fingerprint density at radius 2 is 1.89 bits per heavy atom. The van der Waals surface area contributed by atoms with Gasteiger partial charge in [0.2, 0.25) is 5.91 Å². The lowest BCUT2D eigenvalue weighted by Crippen LogP contribution is -2.48. The fourth-order valence-electron chi connectivity index (χ4n) is 4.83. The number of amides is 2. The second-order valence-electron chi connectivity index (χ2n) is 9.42. The van der Waals surface area contributed by atoms with Crippen LogP contribution in [0.2, 0.25) is 0 Å². The highest BCUT2D eigenvalue weighted by molar-refractivity contribution is 6.04. The van der Waals surface area contributed by atoms with E-state index in [4.69, 9.17) is 4.52 Å². The molecule has 0 aliphatic carbocycles. The standard InChI is InChI=1S/C25H33N5O5/c1-29-8-10-30(11-9-29)23(31)13-17-6-7-26-15-18(17)12-19-14-20(35-28-19)16-27-24(32)21-4-2-3-5-22(21)25(33)34/h2-5,14,17-18,26H,6-13,15-16H2,1H3,(H,27,32)(H,33,34). The van der Waals surface area contributed by atoms with Crippen molar-refractivity contribution in [1.82, 2.24) is 25.6 Å². The van der Waals surface area contributed by atoms with E-state index in [0.717, 1.165) is 51.4 Å². The molecule has 2 fully saturated rings. The summed E-state index contributed by atoms with van der Waals surface area (Å²) >= 11 is 0. The molecule has 10 nitrogen and oxygen atoms in total. The molecule has 1 aromatic heterocycles. The first-order valence-corrected chi connectivity index (χ1v) is 12.1. The summed E-state index contributed by atoms with van der Waals surface area (Å²) in [7, 11) is 2.08. The molecule has 4 rings (SSSR count). The van der Waals surface area contributed by atoms with E-state index in [1.54, 1.807) is 12.1 Å². The van der Waals surface area contributed by atoms with Crippen molar-refractivity contribution in [2.45, 2.75) is 25.8 Å². The molecule has 2 saturated heterocycles. The fourth-order valence-corrected chi connectivity index (χ4v) is 4.83. The van der Waals surface area contributed by atoms with Gasteiger partial charge in [0.15, 0.2) is 5.76 Å². The summed E-state index contributed by atoms with van der Waals surface area (Å²) < 4.78 is 5.41. The molecule has 3 N–H and O–H groups in total. The first-order chi connectivity index (χ1) is 16.9. The van der Waals surface area contributed by atoms with Crippen molar-refractivity contribution < 1.29 is 24.0 Å². The second kappa shape index (κ2) is 11.5. The number of benzene rings is 1. The number of carboxylic acids is 1. The molecule has 2 atom stereocenters. The Balaban J connectivity index is 1.31. The Kier molecular flexibility index (Phi) is 8.14. The van der Waals surface area contributed by atoms with Gasteiger partial charge >= 0.3 is 5.97 Å². The highest BCUT2D eigenvalue weighted by Gasteiger charge is 2.30. The Bertz CT molecular complexity index is 1050. The minimum Gasteiger partial charge on any atom is -0.478 e. The molecule has 2 aromatic rings. The third-order valence-corrected chi connectivity index (χ3v) is 6.96.